The highest BCUT2D eigenvalue weighted by atomic mass is 16.3. The second kappa shape index (κ2) is 4.85. The van der Waals surface area contributed by atoms with Crippen molar-refractivity contribution in [2.24, 2.45) is 5.92 Å². The van der Waals surface area contributed by atoms with E-state index in [2.05, 4.69) is 53.3 Å². The molecule has 2 fully saturated rings. The first-order valence-electron chi connectivity index (χ1n) is 7.51. The van der Waals surface area contributed by atoms with E-state index >= 15 is 0 Å². The van der Waals surface area contributed by atoms with Crippen molar-refractivity contribution in [2.75, 3.05) is 0 Å². The molecule has 1 saturated carbocycles. The zero-order valence-corrected chi connectivity index (χ0v) is 11.4. The van der Waals surface area contributed by atoms with Crippen LogP contribution in [-0.4, -0.2) is 17.3 Å². The summed E-state index contributed by atoms with van der Waals surface area (Å²) in [5.41, 5.74) is 8.12. The Morgan fingerprint density at radius 3 is 2.75 bits per heavy atom. The normalized spacial score (nSPS) is 33.2. The Hall–Kier alpha value is -1.42. The molecule has 4 rings (SSSR count). The Balaban J connectivity index is 1.79. The van der Waals surface area contributed by atoms with Crippen molar-refractivity contribution >= 4 is 10.8 Å². The molecular formula is C17H20N2O. The van der Waals surface area contributed by atoms with E-state index in [4.69, 9.17) is 0 Å². The first-order chi connectivity index (χ1) is 9.84. The molecule has 1 saturated heterocycles. The fourth-order valence-corrected chi connectivity index (χ4v) is 3.92. The minimum absolute atomic E-state index is 0.196. The summed E-state index contributed by atoms with van der Waals surface area (Å²) in [4.78, 5) is 0. The van der Waals surface area contributed by atoms with E-state index in [-0.39, 0.29) is 18.1 Å². The van der Waals surface area contributed by atoms with E-state index in [9.17, 15) is 5.11 Å². The fourth-order valence-electron chi connectivity index (χ4n) is 3.92. The molecule has 20 heavy (non-hydrogen) atoms. The van der Waals surface area contributed by atoms with Gasteiger partial charge in [-0.3, -0.25) is 5.43 Å². The summed E-state index contributed by atoms with van der Waals surface area (Å²) in [5, 5.41) is 13.0. The highest BCUT2D eigenvalue weighted by Gasteiger charge is 2.43. The molecule has 4 unspecified atom stereocenters. The zero-order chi connectivity index (χ0) is 13.5. The molecule has 3 N–H and O–H groups in total. The maximum Gasteiger partial charge on any atom is 0.0602 e. The van der Waals surface area contributed by atoms with Crippen molar-refractivity contribution < 1.29 is 5.11 Å². The lowest BCUT2D eigenvalue weighted by Crippen LogP contribution is -2.39. The Kier molecular flexibility index (Phi) is 2.99. The maximum atomic E-state index is 10.4. The molecule has 0 spiro atoms. The van der Waals surface area contributed by atoms with E-state index in [1.807, 2.05) is 0 Å². The summed E-state index contributed by atoms with van der Waals surface area (Å²) in [5.74, 6) is 0.273. The van der Waals surface area contributed by atoms with Gasteiger partial charge in [0, 0.05) is 12.0 Å². The van der Waals surface area contributed by atoms with Gasteiger partial charge in [0.15, 0.2) is 0 Å². The average Bonchev–Trinajstić information content (AvgIpc) is 2.92. The number of benzene rings is 2. The summed E-state index contributed by atoms with van der Waals surface area (Å²) < 4.78 is 0. The van der Waals surface area contributed by atoms with Gasteiger partial charge in [-0.15, -0.1) is 0 Å². The minimum atomic E-state index is -0.208. The van der Waals surface area contributed by atoms with E-state index < -0.39 is 0 Å². The summed E-state index contributed by atoms with van der Waals surface area (Å²) in [6.45, 7) is 0. The van der Waals surface area contributed by atoms with Gasteiger partial charge in [0.25, 0.3) is 0 Å². The van der Waals surface area contributed by atoms with Gasteiger partial charge in [0.05, 0.1) is 12.1 Å². The molecule has 104 valence electrons. The molecule has 0 amide bonds. The van der Waals surface area contributed by atoms with Gasteiger partial charge in [-0.25, -0.2) is 5.43 Å². The van der Waals surface area contributed by atoms with Crippen LogP contribution in [0.3, 0.4) is 0 Å². The van der Waals surface area contributed by atoms with Crippen molar-refractivity contribution in [1.82, 2.24) is 10.9 Å². The van der Waals surface area contributed by atoms with Crippen molar-refractivity contribution in [1.29, 1.82) is 0 Å². The van der Waals surface area contributed by atoms with Crippen molar-refractivity contribution in [2.45, 2.75) is 37.5 Å². The van der Waals surface area contributed by atoms with Crippen LogP contribution < -0.4 is 10.9 Å². The van der Waals surface area contributed by atoms with Gasteiger partial charge >= 0.3 is 0 Å². The Bertz CT molecular complexity index is 622. The Morgan fingerprint density at radius 1 is 0.950 bits per heavy atom. The lowest BCUT2D eigenvalue weighted by Gasteiger charge is -2.32. The molecule has 3 heteroatoms. The van der Waals surface area contributed by atoms with Gasteiger partial charge in [-0.1, -0.05) is 42.5 Å². The number of hydrogen-bond donors (Lipinski definition) is 3. The first kappa shape index (κ1) is 12.3. The quantitative estimate of drug-likeness (QED) is 0.744. The van der Waals surface area contributed by atoms with Crippen molar-refractivity contribution in [3.63, 3.8) is 0 Å². The fraction of sp³-hybridized carbons (Fsp3) is 0.412. The minimum Gasteiger partial charge on any atom is -0.393 e. The van der Waals surface area contributed by atoms with Crippen LogP contribution in [0.25, 0.3) is 10.8 Å². The highest BCUT2D eigenvalue weighted by Crippen LogP contribution is 2.40. The first-order valence-corrected chi connectivity index (χ1v) is 7.51. The molecule has 1 aliphatic carbocycles. The largest absolute Gasteiger partial charge is 0.393 e. The molecule has 4 atom stereocenters. The van der Waals surface area contributed by atoms with E-state index in [0.29, 0.717) is 6.04 Å². The molecule has 3 nitrogen and oxygen atoms in total. The number of aliphatic hydroxyl groups excluding tert-OH is 1. The number of nitrogens with one attached hydrogen (secondary N) is 2. The molecule has 0 radical (unpaired) electrons. The third kappa shape index (κ3) is 1.85. The Labute approximate surface area is 119 Å². The van der Waals surface area contributed by atoms with Gasteiger partial charge < -0.3 is 5.11 Å². The number of hydrazine groups is 1. The summed E-state index contributed by atoms with van der Waals surface area (Å²) >= 11 is 0. The predicted molar refractivity (Wildman–Crippen MR) is 80.1 cm³/mol. The third-order valence-corrected chi connectivity index (χ3v) is 4.89. The number of rotatable bonds is 1. The van der Waals surface area contributed by atoms with Crippen LogP contribution in [0.5, 0.6) is 0 Å². The lowest BCUT2D eigenvalue weighted by atomic mass is 9.77. The summed E-state index contributed by atoms with van der Waals surface area (Å²) in [6.07, 6.45) is 2.97. The molecule has 2 aromatic carbocycles. The second-order valence-electron chi connectivity index (χ2n) is 6.02. The van der Waals surface area contributed by atoms with Gasteiger partial charge in [-0.2, -0.15) is 0 Å². The van der Waals surface area contributed by atoms with Crippen LogP contribution in [-0.2, 0) is 0 Å². The van der Waals surface area contributed by atoms with E-state index in [1.165, 1.54) is 16.3 Å². The maximum absolute atomic E-state index is 10.4. The number of fused-ring (bicyclic) bond motifs is 2. The molecule has 1 aliphatic heterocycles. The monoisotopic (exact) mass is 268 g/mol. The number of hydrogen-bond acceptors (Lipinski definition) is 3. The smallest absolute Gasteiger partial charge is 0.0602 e. The lowest BCUT2D eigenvalue weighted by molar-refractivity contribution is 0.0568. The zero-order valence-electron chi connectivity index (χ0n) is 11.4. The molecule has 0 aromatic heterocycles. The summed E-state index contributed by atoms with van der Waals surface area (Å²) in [7, 11) is 0. The van der Waals surface area contributed by atoms with Crippen LogP contribution in [0.15, 0.2) is 42.5 Å². The van der Waals surface area contributed by atoms with Crippen LogP contribution in [0, 0.1) is 5.92 Å². The summed E-state index contributed by atoms with van der Waals surface area (Å²) in [6, 6.07) is 15.5. The van der Waals surface area contributed by atoms with Gasteiger partial charge in [0.1, 0.15) is 0 Å². The molecule has 2 aromatic rings. The Morgan fingerprint density at radius 2 is 1.80 bits per heavy atom. The van der Waals surface area contributed by atoms with Crippen LogP contribution in [0.1, 0.15) is 30.9 Å². The molecular weight excluding hydrogens is 248 g/mol. The molecule has 2 aliphatic rings. The van der Waals surface area contributed by atoms with Crippen LogP contribution in [0.4, 0.5) is 0 Å². The third-order valence-electron chi connectivity index (χ3n) is 4.89. The van der Waals surface area contributed by atoms with E-state index in [0.717, 1.165) is 19.3 Å². The van der Waals surface area contributed by atoms with Gasteiger partial charge in [-0.05, 0) is 35.6 Å². The van der Waals surface area contributed by atoms with Gasteiger partial charge in [0.2, 0.25) is 0 Å². The van der Waals surface area contributed by atoms with Crippen molar-refractivity contribution in [3.8, 4) is 0 Å². The van der Waals surface area contributed by atoms with E-state index in [1.54, 1.807) is 0 Å². The number of aliphatic hydroxyl groups is 1. The SMILES string of the molecule is OC1CCCC2NNC(c3cccc4ccccc34)C12. The predicted octanol–water partition coefficient (Wildman–Crippen LogP) is 2.52. The van der Waals surface area contributed by atoms with Crippen LogP contribution >= 0.6 is 0 Å². The standard InChI is InChI=1S/C17H20N2O/c20-15-10-4-9-14-16(15)17(19-18-14)13-8-3-6-11-5-1-2-7-12(11)13/h1-3,5-8,14-20H,4,9-10H2. The molecule has 1 heterocycles. The molecule has 0 bridgehead atoms. The topological polar surface area (TPSA) is 44.3 Å². The van der Waals surface area contributed by atoms with Crippen molar-refractivity contribution in [3.05, 3.63) is 48.0 Å². The van der Waals surface area contributed by atoms with Crippen LogP contribution in [0.2, 0.25) is 0 Å². The second-order valence-corrected chi connectivity index (χ2v) is 6.02. The average molecular weight is 268 g/mol. The highest BCUT2D eigenvalue weighted by molar-refractivity contribution is 5.86.